The van der Waals surface area contributed by atoms with Gasteiger partial charge in [0.25, 0.3) is 0 Å². The van der Waals surface area contributed by atoms with Crippen LogP contribution in [0.15, 0.2) is 27.8 Å². The van der Waals surface area contributed by atoms with Gasteiger partial charge in [-0.25, -0.2) is 0 Å². The fourth-order valence-corrected chi connectivity index (χ4v) is 3.89. The number of aliphatic imine (C=N–C) groups is 1. The van der Waals surface area contributed by atoms with Crippen molar-refractivity contribution in [2.75, 3.05) is 46.3 Å². The minimum atomic E-state index is 0. The van der Waals surface area contributed by atoms with Crippen molar-refractivity contribution in [3.8, 4) is 0 Å². The summed E-state index contributed by atoms with van der Waals surface area (Å²) < 4.78 is 5.73. The van der Waals surface area contributed by atoms with Crippen LogP contribution in [0, 0.1) is 0 Å². The molecule has 1 saturated heterocycles. The fourth-order valence-electron chi connectivity index (χ4n) is 3.89. The van der Waals surface area contributed by atoms with Crippen LogP contribution in [0.1, 0.15) is 50.8 Å². The number of likely N-dealkylation sites (N-methyl/N-ethyl adjacent to an activating group) is 1. The number of nitrogens with zero attached hydrogens (tertiary/aromatic N) is 3. The molecule has 0 aromatic carbocycles. The van der Waals surface area contributed by atoms with Crippen LogP contribution in [-0.2, 0) is 0 Å². The lowest BCUT2D eigenvalue weighted by Gasteiger charge is -2.33. The molecule has 6 nitrogen and oxygen atoms in total. The average Bonchev–Trinajstić information content (AvgIpc) is 3.39. The Kier molecular flexibility index (Phi) is 9.92. The molecule has 0 bridgehead atoms. The molecule has 2 heterocycles. The zero-order valence-corrected chi connectivity index (χ0v) is 19.2. The van der Waals surface area contributed by atoms with Crippen LogP contribution in [0.3, 0.4) is 0 Å². The van der Waals surface area contributed by atoms with E-state index in [1.165, 1.54) is 32.1 Å². The topological polar surface area (TPSA) is 56.0 Å². The Labute approximate surface area is 181 Å². The molecule has 1 aromatic rings. The van der Waals surface area contributed by atoms with Gasteiger partial charge in [-0.3, -0.25) is 14.8 Å². The summed E-state index contributed by atoms with van der Waals surface area (Å²) >= 11 is 0. The molecule has 3 rings (SSSR count). The normalized spacial score (nSPS) is 19.6. The van der Waals surface area contributed by atoms with Crippen LogP contribution in [-0.4, -0.2) is 68.1 Å². The molecule has 154 valence electrons. The highest BCUT2D eigenvalue weighted by molar-refractivity contribution is 14.0. The van der Waals surface area contributed by atoms with Crippen LogP contribution < -0.4 is 10.6 Å². The zero-order chi connectivity index (χ0) is 18.2. The summed E-state index contributed by atoms with van der Waals surface area (Å²) in [5.74, 6) is 1.92. The SMILES string of the molecule is CCN(CCNC(=NC)NCC(c1ccco1)N1CCCCC1)C1CC1.I. The van der Waals surface area contributed by atoms with Gasteiger partial charge >= 0.3 is 0 Å². The van der Waals surface area contributed by atoms with Gasteiger partial charge in [-0.05, 0) is 57.5 Å². The number of rotatable bonds is 9. The minimum absolute atomic E-state index is 0. The van der Waals surface area contributed by atoms with E-state index >= 15 is 0 Å². The fraction of sp³-hybridized carbons (Fsp3) is 0.750. The number of halogens is 1. The Morgan fingerprint density at radius 3 is 2.67 bits per heavy atom. The number of furan rings is 1. The van der Waals surface area contributed by atoms with Crippen molar-refractivity contribution in [3.05, 3.63) is 24.2 Å². The maximum Gasteiger partial charge on any atom is 0.191 e. The molecule has 1 aliphatic heterocycles. The summed E-state index contributed by atoms with van der Waals surface area (Å²) in [5, 5.41) is 6.98. The first-order valence-corrected chi connectivity index (χ1v) is 10.3. The van der Waals surface area contributed by atoms with Gasteiger partial charge in [0.15, 0.2) is 5.96 Å². The molecule has 1 unspecified atom stereocenters. The molecule has 0 radical (unpaired) electrons. The number of hydrogen-bond acceptors (Lipinski definition) is 4. The summed E-state index contributed by atoms with van der Waals surface area (Å²) in [6.45, 7) is 8.49. The zero-order valence-electron chi connectivity index (χ0n) is 16.8. The third-order valence-electron chi connectivity index (χ3n) is 5.55. The van der Waals surface area contributed by atoms with Crippen LogP contribution in [0.2, 0.25) is 0 Å². The smallest absolute Gasteiger partial charge is 0.191 e. The van der Waals surface area contributed by atoms with Crippen LogP contribution in [0.25, 0.3) is 0 Å². The second kappa shape index (κ2) is 11.9. The standard InChI is InChI=1S/C20H35N5O.HI/c1-3-24(17-9-10-17)14-11-22-20(21-2)23-16-18(19-8-7-15-26-19)25-12-5-4-6-13-25;/h7-8,15,17-18H,3-6,9-14,16H2,1-2H3,(H2,21,22,23);1H. The van der Waals surface area contributed by atoms with Crippen molar-refractivity contribution in [3.63, 3.8) is 0 Å². The van der Waals surface area contributed by atoms with Gasteiger partial charge in [-0.2, -0.15) is 0 Å². The molecular weight excluding hydrogens is 453 g/mol. The van der Waals surface area contributed by atoms with E-state index in [1.807, 2.05) is 13.1 Å². The third kappa shape index (κ3) is 6.94. The van der Waals surface area contributed by atoms with E-state index < -0.39 is 0 Å². The van der Waals surface area contributed by atoms with Crippen molar-refractivity contribution in [1.82, 2.24) is 20.4 Å². The molecule has 7 heteroatoms. The highest BCUT2D eigenvalue weighted by atomic mass is 127. The largest absolute Gasteiger partial charge is 0.468 e. The monoisotopic (exact) mass is 489 g/mol. The number of hydrogen-bond donors (Lipinski definition) is 2. The van der Waals surface area contributed by atoms with E-state index in [1.54, 1.807) is 6.26 Å². The Morgan fingerprint density at radius 2 is 2.07 bits per heavy atom. The van der Waals surface area contributed by atoms with Crippen LogP contribution in [0.4, 0.5) is 0 Å². The lowest BCUT2D eigenvalue weighted by molar-refractivity contribution is 0.146. The molecule has 1 saturated carbocycles. The summed E-state index contributed by atoms with van der Waals surface area (Å²) in [5.41, 5.74) is 0. The van der Waals surface area contributed by atoms with Crippen LogP contribution >= 0.6 is 24.0 Å². The number of piperidine rings is 1. The van der Waals surface area contributed by atoms with E-state index in [4.69, 9.17) is 4.42 Å². The quantitative estimate of drug-likeness (QED) is 0.317. The average molecular weight is 489 g/mol. The molecular formula is C20H36IN5O. The predicted molar refractivity (Wildman–Crippen MR) is 122 cm³/mol. The first-order chi connectivity index (χ1) is 12.8. The van der Waals surface area contributed by atoms with Crippen molar-refractivity contribution >= 4 is 29.9 Å². The highest BCUT2D eigenvalue weighted by Gasteiger charge is 2.27. The Morgan fingerprint density at radius 1 is 1.30 bits per heavy atom. The maximum absolute atomic E-state index is 5.73. The van der Waals surface area contributed by atoms with Gasteiger partial charge in [-0.1, -0.05) is 13.3 Å². The Hall–Kier alpha value is -0.800. The number of likely N-dealkylation sites (tertiary alicyclic amines) is 1. The van der Waals surface area contributed by atoms with E-state index in [0.717, 1.165) is 57.0 Å². The molecule has 1 aliphatic carbocycles. The highest BCUT2D eigenvalue weighted by Crippen LogP contribution is 2.26. The molecule has 2 N–H and O–H groups in total. The van der Waals surface area contributed by atoms with Gasteiger partial charge in [0, 0.05) is 32.7 Å². The second-order valence-corrected chi connectivity index (χ2v) is 7.37. The number of guanidine groups is 1. The summed E-state index contributed by atoms with van der Waals surface area (Å²) in [6, 6.07) is 5.16. The Bertz CT molecular complexity index is 541. The lowest BCUT2D eigenvalue weighted by Crippen LogP contribution is -2.46. The van der Waals surface area contributed by atoms with Gasteiger partial charge < -0.3 is 15.1 Å². The molecule has 2 fully saturated rings. The summed E-state index contributed by atoms with van der Waals surface area (Å²) in [4.78, 5) is 9.49. The Balaban J connectivity index is 0.00000261. The van der Waals surface area contributed by atoms with Crippen molar-refractivity contribution in [2.45, 2.75) is 51.1 Å². The summed E-state index contributed by atoms with van der Waals surface area (Å²) in [7, 11) is 1.84. The van der Waals surface area contributed by atoms with E-state index in [-0.39, 0.29) is 30.0 Å². The van der Waals surface area contributed by atoms with Crippen molar-refractivity contribution in [2.24, 2.45) is 4.99 Å². The van der Waals surface area contributed by atoms with Crippen molar-refractivity contribution in [1.29, 1.82) is 0 Å². The molecule has 0 spiro atoms. The molecule has 0 amide bonds. The summed E-state index contributed by atoms with van der Waals surface area (Å²) in [6.07, 6.45) is 8.39. The number of nitrogens with one attached hydrogen (secondary N) is 2. The lowest BCUT2D eigenvalue weighted by atomic mass is 10.1. The molecule has 2 aliphatic rings. The maximum atomic E-state index is 5.73. The van der Waals surface area contributed by atoms with E-state index in [9.17, 15) is 0 Å². The predicted octanol–water partition coefficient (Wildman–Crippen LogP) is 3.07. The van der Waals surface area contributed by atoms with Gasteiger partial charge in [0.2, 0.25) is 0 Å². The molecule has 1 aromatic heterocycles. The van der Waals surface area contributed by atoms with Gasteiger partial charge in [0.05, 0.1) is 12.3 Å². The molecule has 27 heavy (non-hydrogen) atoms. The van der Waals surface area contributed by atoms with Gasteiger partial charge in [-0.15, -0.1) is 24.0 Å². The first-order valence-electron chi connectivity index (χ1n) is 10.3. The third-order valence-corrected chi connectivity index (χ3v) is 5.55. The first kappa shape index (κ1) is 22.5. The van der Waals surface area contributed by atoms with Gasteiger partial charge in [0.1, 0.15) is 5.76 Å². The molecule has 1 atom stereocenters. The minimum Gasteiger partial charge on any atom is -0.468 e. The van der Waals surface area contributed by atoms with E-state index in [2.05, 4.69) is 38.4 Å². The van der Waals surface area contributed by atoms with E-state index in [0.29, 0.717) is 0 Å². The second-order valence-electron chi connectivity index (χ2n) is 7.37. The van der Waals surface area contributed by atoms with Crippen molar-refractivity contribution < 1.29 is 4.42 Å². The van der Waals surface area contributed by atoms with Crippen LogP contribution in [0.5, 0.6) is 0 Å².